The summed E-state index contributed by atoms with van der Waals surface area (Å²) in [4.78, 5) is 36.0. The lowest BCUT2D eigenvalue weighted by atomic mass is 10.0. The van der Waals surface area contributed by atoms with Gasteiger partial charge in [-0.1, -0.05) is 18.2 Å². The van der Waals surface area contributed by atoms with Crippen LogP contribution in [0.4, 0.5) is 0 Å². The Morgan fingerprint density at radius 3 is 2.94 bits per heavy atom. The standard InChI is InChI=1S/C22H16N8O2/c31-22(21-29-28-20(32-21)14-5-3-8-23-10-14)30-9-7-16-17(26-12-25-16)18(30)19-24-11-13-4-1-2-6-15(13)27-19/h1-6,8,10-12,18H,7,9H2,(H,25,26)/t18-/m1/s1. The number of amides is 1. The summed E-state index contributed by atoms with van der Waals surface area (Å²) >= 11 is 0. The summed E-state index contributed by atoms with van der Waals surface area (Å²) in [5, 5.41) is 8.92. The van der Waals surface area contributed by atoms with Gasteiger partial charge in [-0.15, -0.1) is 10.2 Å². The lowest BCUT2D eigenvalue weighted by molar-refractivity contribution is 0.0643. The molecule has 1 atom stereocenters. The molecule has 0 fully saturated rings. The van der Waals surface area contributed by atoms with Crippen LogP contribution in [0.25, 0.3) is 22.4 Å². The van der Waals surface area contributed by atoms with Crippen LogP contribution in [0.15, 0.2) is 65.7 Å². The van der Waals surface area contributed by atoms with Crippen LogP contribution >= 0.6 is 0 Å². The molecule has 1 aliphatic heterocycles. The summed E-state index contributed by atoms with van der Waals surface area (Å²) in [5.41, 5.74) is 3.11. The molecule has 0 unspecified atom stereocenters. The van der Waals surface area contributed by atoms with Gasteiger partial charge in [0.2, 0.25) is 5.89 Å². The molecule has 1 aliphatic rings. The van der Waals surface area contributed by atoms with Crippen LogP contribution in [0, 0.1) is 0 Å². The lowest BCUT2D eigenvalue weighted by Gasteiger charge is -2.32. The van der Waals surface area contributed by atoms with Crippen LogP contribution < -0.4 is 0 Å². The molecule has 10 nitrogen and oxygen atoms in total. The van der Waals surface area contributed by atoms with E-state index in [0.717, 1.165) is 16.6 Å². The summed E-state index contributed by atoms with van der Waals surface area (Å²) < 4.78 is 5.69. The Balaban J connectivity index is 1.40. The molecule has 5 heterocycles. The van der Waals surface area contributed by atoms with Crippen molar-refractivity contribution in [2.75, 3.05) is 6.54 Å². The molecule has 156 valence electrons. The predicted molar refractivity (Wildman–Crippen MR) is 112 cm³/mol. The molecule has 1 N–H and O–H groups in total. The zero-order chi connectivity index (χ0) is 21.5. The van der Waals surface area contributed by atoms with Crippen molar-refractivity contribution in [2.45, 2.75) is 12.5 Å². The van der Waals surface area contributed by atoms with Gasteiger partial charge < -0.3 is 14.3 Å². The predicted octanol–water partition coefficient (Wildman–Crippen LogP) is 2.59. The largest absolute Gasteiger partial charge is 0.412 e. The first kappa shape index (κ1) is 18.3. The van der Waals surface area contributed by atoms with Crippen molar-refractivity contribution in [3.63, 3.8) is 0 Å². The second-order valence-corrected chi connectivity index (χ2v) is 7.36. The van der Waals surface area contributed by atoms with Crippen molar-refractivity contribution in [3.8, 4) is 11.5 Å². The molecular formula is C22H16N8O2. The molecule has 4 aromatic heterocycles. The number of nitrogens with zero attached hydrogens (tertiary/aromatic N) is 7. The van der Waals surface area contributed by atoms with Crippen molar-refractivity contribution >= 4 is 16.8 Å². The normalized spacial score (nSPS) is 15.6. The zero-order valence-electron chi connectivity index (χ0n) is 16.7. The third-order valence-corrected chi connectivity index (χ3v) is 5.45. The van der Waals surface area contributed by atoms with E-state index in [0.29, 0.717) is 30.0 Å². The van der Waals surface area contributed by atoms with Crippen molar-refractivity contribution < 1.29 is 9.21 Å². The van der Waals surface area contributed by atoms with Gasteiger partial charge in [0.25, 0.3) is 0 Å². The highest BCUT2D eigenvalue weighted by atomic mass is 16.4. The topological polar surface area (TPSA) is 127 Å². The van der Waals surface area contributed by atoms with Gasteiger partial charge in [0.1, 0.15) is 6.04 Å². The summed E-state index contributed by atoms with van der Waals surface area (Å²) in [6.45, 7) is 0.430. The lowest BCUT2D eigenvalue weighted by Crippen LogP contribution is -2.41. The number of imidazole rings is 1. The maximum absolute atomic E-state index is 13.4. The number of para-hydroxylation sites is 1. The minimum atomic E-state index is -0.573. The quantitative estimate of drug-likeness (QED) is 0.468. The number of fused-ring (bicyclic) bond motifs is 2. The van der Waals surface area contributed by atoms with Crippen LogP contribution in [0.3, 0.4) is 0 Å². The van der Waals surface area contributed by atoms with Crippen molar-refractivity contribution in [1.82, 2.24) is 40.0 Å². The van der Waals surface area contributed by atoms with E-state index in [1.165, 1.54) is 0 Å². The Kier molecular flexibility index (Phi) is 4.20. The highest BCUT2D eigenvalue weighted by Crippen LogP contribution is 2.33. The number of pyridine rings is 1. The summed E-state index contributed by atoms with van der Waals surface area (Å²) in [6, 6.07) is 10.7. The second kappa shape index (κ2) is 7.34. The number of hydrogen-bond donors (Lipinski definition) is 1. The van der Waals surface area contributed by atoms with E-state index in [1.807, 2.05) is 24.3 Å². The molecule has 0 saturated heterocycles. The molecule has 1 aromatic carbocycles. The minimum absolute atomic E-state index is 0.103. The maximum Gasteiger partial charge on any atom is 0.312 e. The molecule has 32 heavy (non-hydrogen) atoms. The highest BCUT2D eigenvalue weighted by molar-refractivity contribution is 5.90. The van der Waals surface area contributed by atoms with Crippen molar-refractivity contribution in [3.05, 3.63) is 84.4 Å². The molecule has 6 rings (SSSR count). The van der Waals surface area contributed by atoms with Gasteiger partial charge in [0.05, 0.1) is 23.1 Å². The fourth-order valence-corrected chi connectivity index (χ4v) is 3.91. The monoisotopic (exact) mass is 424 g/mol. The van der Waals surface area contributed by atoms with E-state index in [4.69, 9.17) is 9.40 Å². The van der Waals surface area contributed by atoms with Gasteiger partial charge in [0.15, 0.2) is 5.82 Å². The first-order valence-electron chi connectivity index (χ1n) is 10.1. The Bertz CT molecular complexity index is 1430. The van der Waals surface area contributed by atoms with Gasteiger partial charge >= 0.3 is 11.8 Å². The smallest absolute Gasteiger partial charge is 0.312 e. The number of aromatic nitrogens is 7. The fourth-order valence-electron chi connectivity index (χ4n) is 3.91. The number of carbonyl (C=O) groups excluding carboxylic acids is 1. The Morgan fingerprint density at radius 2 is 2.03 bits per heavy atom. The molecule has 5 aromatic rings. The first-order valence-corrected chi connectivity index (χ1v) is 10.1. The number of aromatic amines is 1. The van der Waals surface area contributed by atoms with Crippen LogP contribution in [0.1, 0.15) is 33.9 Å². The number of rotatable bonds is 3. The van der Waals surface area contributed by atoms with Crippen molar-refractivity contribution in [2.24, 2.45) is 0 Å². The molecular weight excluding hydrogens is 408 g/mol. The van der Waals surface area contributed by atoms with Crippen LogP contribution in [-0.2, 0) is 6.42 Å². The third kappa shape index (κ3) is 3.00. The molecule has 0 radical (unpaired) electrons. The van der Waals surface area contributed by atoms with E-state index in [-0.39, 0.29) is 11.8 Å². The second-order valence-electron chi connectivity index (χ2n) is 7.36. The van der Waals surface area contributed by atoms with Gasteiger partial charge in [-0.25, -0.2) is 15.0 Å². The first-order chi connectivity index (χ1) is 15.8. The number of hydrogen-bond acceptors (Lipinski definition) is 8. The number of H-pyrrole nitrogens is 1. The number of carbonyl (C=O) groups is 1. The molecule has 10 heteroatoms. The summed E-state index contributed by atoms with van der Waals surface area (Å²) in [7, 11) is 0. The average Bonchev–Trinajstić information content (AvgIpc) is 3.53. The van der Waals surface area contributed by atoms with Gasteiger partial charge in [-0.3, -0.25) is 9.78 Å². The number of nitrogens with one attached hydrogen (secondary N) is 1. The van der Waals surface area contributed by atoms with E-state index in [9.17, 15) is 4.79 Å². The van der Waals surface area contributed by atoms with E-state index >= 15 is 0 Å². The van der Waals surface area contributed by atoms with Crippen LogP contribution in [0.5, 0.6) is 0 Å². The average molecular weight is 424 g/mol. The Morgan fingerprint density at radius 1 is 1.09 bits per heavy atom. The van der Waals surface area contributed by atoms with Gasteiger partial charge in [-0.2, -0.15) is 0 Å². The van der Waals surface area contributed by atoms with E-state index in [1.54, 1.807) is 42.0 Å². The van der Waals surface area contributed by atoms with Crippen molar-refractivity contribution in [1.29, 1.82) is 0 Å². The summed E-state index contributed by atoms with van der Waals surface area (Å²) in [5.74, 6) is 0.214. The van der Waals surface area contributed by atoms with E-state index in [2.05, 4.69) is 30.1 Å². The molecule has 0 aliphatic carbocycles. The number of benzene rings is 1. The molecule has 1 amide bonds. The SMILES string of the molecule is O=C(c1nnc(-c2cccnc2)o1)N1CCc2[nH]cnc2[C@@H]1c1ncc2ccccc2n1. The maximum atomic E-state index is 13.4. The molecule has 0 saturated carbocycles. The van der Waals surface area contributed by atoms with Crippen LogP contribution in [0.2, 0.25) is 0 Å². The zero-order valence-corrected chi connectivity index (χ0v) is 16.7. The molecule has 0 bridgehead atoms. The molecule has 0 spiro atoms. The highest BCUT2D eigenvalue weighted by Gasteiger charge is 2.38. The van der Waals surface area contributed by atoms with Gasteiger partial charge in [-0.05, 0) is 18.2 Å². The fraction of sp³-hybridized carbons (Fsp3) is 0.136. The summed E-state index contributed by atoms with van der Waals surface area (Å²) in [6.07, 6.45) is 7.25. The Labute approximate surface area is 181 Å². The van der Waals surface area contributed by atoms with E-state index < -0.39 is 11.9 Å². The minimum Gasteiger partial charge on any atom is -0.412 e. The van der Waals surface area contributed by atoms with Crippen LogP contribution in [-0.4, -0.2) is 52.5 Å². The van der Waals surface area contributed by atoms with Gasteiger partial charge in [0, 0.05) is 42.6 Å². The Hall–Kier alpha value is -4.47. The third-order valence-electron chi connectivity index (χ3n) is 5.45.